The lowest BCUT2D eigenvalue weighted by Gasteiger charge is -2.30. The number of ketones is 1. The summed E-state index contributed by atoms with van der Waals surface area (Å²) in [5, 5.41) is 28.4. The molecule has 10 bridgehead atoms. The van der Waals surface area contributed by atoms with Gasteiger partial charge in [-0.05, 0) is 42.0 Å². The number of H-pyrrole nitrogens is 1. The highest BCUT2D eigenvalue weighted by Gasteiger charge is 2.61. The highest BCUT2D eigenvalue weighted by molar-refractivity contribution is 6.07. The summed E-state index contributed by atoms with van der Waals surface area (Å²) in [6, 6.07) is 17.6. The molecule has 0 aliphatic carbocycles. The van der Waals surface area contributed by atoms with Crippen molar-refractivity contribution < 1.29 is 33.4 Å². The third kappa shape index (κ3) is 4.32. The number of fused-ring (bicyclic) bond motifs is 7. The molecule has 12 nitrogen and oxygen atoms in total. The van der Waals surface area contributed by atoms with Crippen LogP contribution >= 0.6 is 0 Å². The minimum atomic E-state index is -1.35. The number of Topliss-reactive ketones (excluding diaryl/α,β-unsaturated/α-hetero) is 1. The predicted molar refractivity (Wildman–Crippen MR) is 199 cm³/mol. The zero-order chi connectivity index (χ0) is 37.1. The Hall–Kier alpha value is -5.72. The van der Waals surface area contributed by atoms with E-state index in [1.54, 1.807) is 13.1 Å². The molecular formula is C42H39N5O7. The van der Waals surface area contributed by atoms with Crippen LogP contribution in [0.1, 0.15) is 68.0 Å². The molecule has 0 fully saturated rings. The van der Waals surface area contributed by atoms with E-state index in [1.165, 1.54) is 0 Å². The van der Waals surface area contributed by atoms with E-state index in [2.05, 4.69) is 39.9 Å². The Bertz CT molecular complexity index is 2520. The molecule has 1 amide bonds. The number of nitrogens with zero attached hydrogens (tertiary/aromatic N) is 2. The molecule has 10 rings (SSSR count). The van der Waals surface area contributed by atoms with E-state index in [0.29, 0.717) is 23.0 Å². The normalized spacial score (nSPS) is 21.9. The molecule has 0 saturated heterocycles. The molecule has 3 aromatic heterocycles. The fourth-order valence-electron chi connectivity index (χ4n) is 9.06. The highest BCUT2D eigenvalue weighted by atomic mass is 16.5. The van der Waals surface area contributed by atoms with Crippen LogP contribution in [0.5, 0.6) is 5.75 Å². The fraction of sp³-hybridized carbons (Fsp3) is 0.333. The van der Waals surface area contributed by atoms with Crippen molar-refractivity contribution in [3.63, 3.8) is 0 Å². The fourth-order valence-corrected chi connectivity index (χ4v) is 9.06. The first-order valence-electron chi connectivity index (χ1n) is 18.5. The van der Waals surface area contributed by atoms with Crippen molar-refractivity contribution in [3.8, 4) is 39.8 Å². The van der Waals surface area contributed by atoms with Crippen molar-refractivity contribution in [1.29, 1.82) is 0 Å². The molecule has 4 aliphatic rings. The first-order valence-corrected chi connectivity index (χ1v) is 18.5. The number of hydrogen-bond acceptors (Lipinski definition) is 10. The second-order valence-electron chi connectivity index (χ2n) is 15.4. The van der Waals surface area contributed by atoms with Gasteiger partial charge in [0.1, 0.15) is 23.0 Å². The molecule has 6 aromatic rings. The number of anilines is 1. The van der Waals surface area contributed by atoms with Gasteiger partial charge in [-0.25, -0.2) is 9.97 Å². The van der Waals surface area contributed by atoms with Crippen LogP contribution < -0.4 is 15.4 Å². The van der Waals surface area contributed by atoms with Crippen LogP contribution in [0.3, 0.4) is 0 Å². The minimum absolute atomic E-state index is 0.173. The van der Waals surface area contributed by atoms with Crippen molar-refractivity contribution in [2.45, 2.75) is 57.7 Å². The maximum atomic E-state index is 14.4. The molecule has 12 heteroatoms. The van der Waals surface area contributed by atoms with E-state index in [-0.39, 0.29) is 48.7 Å². The van der Waals surface area contributed by atoms with Gasteiger partial charge < -0.3 is 39.4 Å². The van der Waals surface area contributed by atoms with Gasteiger partial charge in [-0.15, -0.1) is 0 Å². The lowest BCUT2D eigenvalue weighted by molar-refractivity contribution is -0.139. The Morgan fingerprint density at radius 3 is 2.63 bits per heavy atom. The summed E-state index contributed by atoms with van der Waals surface area (Å²) >= 11 is 0. The Balaban J connectivity index is 1.26. The topological polar surface area (TPSA) is 176 Å². The first kappa shape index (κ1) is 32.9. The number of rotatable bonds is 7. The number of aliphatic hydroxyl groups excluding tert-OH is 2. The summed E-state index contributed by atoms with van der Waals surface area (Å²) in [7, 11) is 0. The van der Waals surface area contributed by atoms with Gasteiger partial charge in [0.2, 0.25) is 17.7 Å². The molecule has 54 heavy (non-hydrogen) atoms. The summed E-state index contributed by atoms with van der Waals surface area (Å²) in [4.78, 5) is 41.5. The monoisotopic (exact) mass is 725 g/mol. The van der Waals surface area contributed by atoms with Crippen LogP contribution in [-0.2, 0) is 21.4 Å². The van der Waals surface area contributed by atoms with E-state index in [4.69, 9.17) is 23.5 Å². The van der Waals surface area contributed by atoms with E-state index in [1.807, 2.05) is 50.4 Å². The number of oxazole rings is 2. The number of amides is 1. The molecule has 7 heterocycles. The molecule has 4 atom stereocenters. The molecule has 2 unspecified atom stereocenters. The predicted octanol–water partition coefficient (Wildman–Crippen LogP) is 6.26. The quantitative estimate of drug-likeness (QED) is 0.126. The van der Waals surface area contributed by atoms with Gasteiger partial charge in [0.15, 0.2) is 23.4 Å². The number of aliphatic hydroxyl groups is 2. The summed E-state index contributed by atoms with van der Waals surface area (Å²) in [5.41, 5.74) is 5.25. The second kappa shape index (κ2) is 11.6. The van der Waals surface area contributed by atoms with Crippen LogP contribution in [-0.4, -0.2) is 56.3 Å². The van der Waals surface area contributed by atoms with Gasteiger partial charge in [0.05, 0.1) is 24.8 Å². The van der Waals surface area contributed by atoms with E-state index in [0.717, 1.165) is 50.0 Å². The molecule has 274 valence electrons. The molecule has 1 spiro atoms. The van der Waals surface area contributed by atoms with Crippen molar-refractivity contribution >= 4 is 28.3 Å². The summed E-state index contributed by atoms with van der Waals surface area (Å²) < 4.78 is 20.5. The maximum Gasteiger partial charge on any atom is 0.249 e. The van der Waals surface area contributed by atoms with E-state index < -0.39 is 42.2 Å². The van der Waals surface area contributed by atoms with Gasteiger partial charge in [-0.2, -0.15) is 0 Å². The standard InChI is InChI=1S/C42H39N5O7/c1-4-41(18-48,19-49)31(50)15-22-13-21-11-12-29-27(14-21)42-26-9-5-8-24(34(26)47-40(42)53-29)23-7-6-10-28-32(23)25(16-43-28)30-17-44-38(52-30)35-36(42)54-39(46-35)33(20(2)3)45-37(22)51/h5-12,14,16-17,20,22,33,40,43,47-49H,4,13,15,18-19H2,1-3H3,(H,45,51)/t22?,33-,40?,42-/m0/s1. The second-order valence-corrected chi connectivity index (χ2v) is 15.4. The molecule has 5 N–H and O–H groups in total. The van der Waals surface area contributed by atoms with Crippen molar-refractivity contribution in [2.75, 3.05) is 18.5 Å². The molecular weight excluding hydrogens is 686 g/mol. The van der Waals surface area contributed by atoms with Crippen molar-refractivity contribution in [1.82, 2.24) is 20.3 Å². The van der Waals surface area contributed by atoms with Gasteiger partial charge in [-0.1, -0.05) is 63.2 Å². The Labute approximate surface area is 310 Å². The SMILES string of the molecule is CCC(CO)(CO)C(=O)CC1Cc2ccc3c(c2)[C@]24c5cccc(c5NC2O3)-c2cccc3[nH]cc(c23)-c2cnc(o2)-c2nc(oc24)[C@H](C(C)C)NC1=O. The number of hydrogen-bond donors (Lipinski definition) is 5. The van der Waals surface area contributed by atoms with E-state index in [9.17, 15) is 19.8 Å². The molecule has 4 aliphatic heterocycles. The Morgan fingerprint density at radius 1 is 1.02 bits per heavy atom. The number of carbonyl (C=O) groups is 2. The zero-order valence-corrected chi connectivity index (χ0v) is 30.0. The lowest BCUT2D eigenvalue weighted by Crippen LogP contribution is -2.43. The maximum absolute atomic E-state index is 14.4. The number of benzene rings is 3. The third-order valence-electron chi connectivity index (χ3n) is 12.2. The largest absolute Gasteiger partial charge is 0.469 e. The van der Waals surface area contributed by atoms with Gasteiger partial charge in [0.25, 0.3) is 0 Å². The average molecular weight is 726 g/mol. The van der Waals surface area contributed by atoms with Crippen molar-refractivity contribution in [2.24, 2.45) is 17.3 Å². The minimum Gasteiger partial charge on any atom is -0.469 e. The molecule has 0 radical (unpaired) electrons. The van der Waals surface area contributed by atoms with Crippen LogP contribution in [0.4, 0.5) is 5.69 Å². The van der Waals surface area contributed by atoms with Gasteiger partial charge >= 0.3 is 0 Å². The smallest absolute Gasteiger partial charge is 0.249 e. The molecule has 0 saturated carbocycles. The average Bonchev–Trinajstić information content (AvgIpc) is 4.00. The Morgan fingerprint density at radius 2 is 1.83 bits per heavy atom. The highest BCUT2D eigenvalue weighted by Crippen LogP contribution is 2.61. The van der Waals surface area contributed by atoms with Gasteiger partial charge in [0, 0.05) is 57.4 Å². The van der Waals surface area contributed by atoms with Crippen LogP contribution in [0, 0.1) is 17.3 Å². The number of aromatic nitrogens is 3. The molecule has 3 aromatic carbocycles. The number of nitrogens with one attached hydrogen (secondary N) is 3. The number of para-hydroxylation sites is 1. The van der Waals surface area contributed by atoms with E-state index >= 15 is 0 Å². The lowest BCUT2D eigenvalue weighted by atomic mass is 9.71. The van der Waals surface area contributed by atoms with Crippen LogP contribution in [0.25, 0.3) is 44.9 Å². The number of aromatic amines is 1. The van der Waals surface area contributed by atoms with Crippen LogP contribution in [0.2, 0.25) is 0 Å². The Kier molecular flexibility index (Phi) is 7.09. The number of carbonyl (C=O) groups excluding carboxylic acids is 2. The summed E-state index contributed by atoms with van der Waals surface area (Å²) in [5.74, 6) is 0.510. The van der Waals surface area contributed by atoms with Gasteiger partial charge in [-0.3, -0.25) is 9.59 Å². The number of ether oxygens (including phenoxy) is 1. The third-order valence-corrected chi connectivity index (χ3v) is 12.2. The summed E-state index contributed by atoms with van der Waals surface area (Å²) in [6.45, 7) is 4.67. The first-order chi connectivity index (χ1) is 26.2. The van der Waals surface area contributed by atoms with Crippen molar-refractivity contribution in [3.05, 3.63) is 95.3 Å². The zero-order valence-electron chi connectivity index (χ0n) is 30.0. The summed E-state index contributed by atoms with van der Waals surface area (Å²) in [6.07, 6.45) is 3.28. The van der Waals surface area contributed by atoms with Crippen LogP contribution in [0.15, 0.2) is 75.8 Å².